The van der Waals surface area contributed by atoms with Crippen LogP contribution in [0.25, 0.3) is 10.4 Å². The van der Waals surface area contributed by atoms with Crippen molar-refractivity contribution in [2.45, 2.75) is 33.2 Å². The van der Waals surface area contributed by atoms with Gasteiger partial charge in [0.25, 0.3) is 5.91 Å². The fourth-order valence-electron chi connectivity index (χ4n) is 3.70. The van der Waals surface area contributed by atoms with Gasteiger partial charge in [0, 0.05) is 41.1 Å². The monoisotopic (exact) mass is 422 g/mol. The van der Waals surface area contributed by atoms with Crippen molar-refractivity contribution in [2.75, 3.05) is 11.4 Å². The average molecular weight is 423 g/mol. The number of amides is 3. The van der Waals surface area contributed by atoms with Crippen molar-refractivity contribution >= 4 is 34.7 Å². The van der Waals surface area contributed by atoms with Gasteiger partial charge in [-0.3, -0.25) is 24.0 Å². The SMILES string of the molecule is Cc1nn(CCNC(=O)c2ccc(N3C(=O)CCC3=O)cc2)c(C)c1-c1cccs1. The minimum Gasteiger partial charge on any atom is -0.350 e. The highest BCUT2D eigenvalue weighted by molar-refractivity contribution is 7.13. The van der Waals surface area contributed by atoms with Crippen molar-refractivity contribution in [3.05, 3.63) is 58.7 Å². The molecule has 8 heteroatoms. The molecular weight excluding hydrogens is 400 g/mol. The standard InChI is InChI=1S/C22H22N4O3S/c1-14-21(18-4-3-13-30-18)15(2)25(24-14)12-11-23-22(29)16-5-7-17(8-6-16)26-19(27)9-10-20(26)28/h3-8,13H,9-12H2,1-2H3,(H,23,29). The number of imide groups is 1. The summed E-state index contributed by atoms with van der Waals surface area (Å²) in [6.45, 7) is 5.04. The molecule has 154 valence electrons. The molecule has 0 saturated carbocycles. The van der Waals surface area contributed by atoms with Gasteiger partial charge in [-0.2, -0.15) is 5.10 Å². The van der Waals surface area contributed by atoms with E-state index in [2.05, 4.69) is 16.5 Å². The van der Waals surface area contributed by atoms with E-state index in [9.17, 15) is 14.4 Å². The fourth-order valence-corrected chi connectivity index (χ4v) is 4.57. The van der Waals surface area contributed by atoms with Gasteiger partial charge in [0.2, 0.25) is 11.8 Å². The van der Waals surface area contributed by atoms with Gasteiger partial charge in [-0.15, -0.1) is 11.3 Å². The Hall–Kier alpha value is -3.26. The highest BCUT2D eigenvalue weighted by Gasteiger charge is 2.30. The molecule has 1 aliphatic rings. The summed E-state index contributed by atoms with van der Waals surface area (Å²) in [7, 11) is 0. The molecule has 1 aromatic carbocycles. The lowest BCUT2D eigenvalue weighted by Gasteiger charge is -2.14. The lowest BCUT2D eigenvalue weighted by molar-refractivity contribution is -0.121. The molecule has 1 aliphatic heterocycles. The van der Waals surface area contributed by atoms with Crippen molar-refractivity contribution in [2.24, 2.45) is 0 Å². The third-order valence-corrected chi connectivity index (χ3v) is 6.08. The van der Waals surface area contributed by atoms with Gasteiger partial charge >= 0.3 is 0 Å². The van der Waals surface area contributed by atoms with Gasteiger partial charge in [0.1, 0.15) is 0 Å². The zero-order valence-electron chi connectivity index (χ0n) is 16.8. The number of nitrogens with one attached hydrogen (secondary N) is 1. The first-order valence-electron chi connectivity index (χ1n) is 9.77. The van der Waals surface area contributed by atoms with Crippen molar-refractivity contribution in [3.8, 4) is 10.4 Å². The Morgan fingerprint density at radius 2 is 1.80 bits per heavy atom. The Morgan fingerprint density at radius 3 is 2.43 bits per heavy atom. The van der Waals surface area contributed by atoms with Gasteiger partial charge < -0.3 is 5.32 Å². The van der Waals surface area contributed by atoms with Crippen LogP contribution in [0.1, 0.15) is 34.6 Å². The highest BCUT2D eigenvalue weighted by Crippen LogP contribution is 2.30. The predicted octanol–water partition coefficient (Wildman–Crippen LogP) is 3.31. The number of hydrogen-bond donors (Lipinski definition) is 1. The quantitative estimate of drug-likeness (QED) is 0.618. The molecule has 4 rings (SSSR count). The molecule has 7 nitrogen and oxygen atoms in total. The maximum Gasteiger partial charge on any atom is 0.251 e. The van der Waals surface area contributed by atoms with Gasteiger partial charge in [-0.1, -0.05) is 6.07 Å². The van der Waals surface area contributed by atoms with E-state index in [1.165, 1.54) is 9.78 Å². The van der Waals surface area contributed by atoms with E-state index >= 15 is 0 Å². The number of benzene rings is 1. The zero-order valence-corrected chi connectivity index (χ0v) is 17.7. The van der Waals surface area contributed by atoms with Crippen molar-refractivity contribution in [1.29, 1.82) is 0 Å². The summed E-state index contributed by atoms with van der Waals surface area (Å²) in [5.74, 6) is -0.617. The number of aromatic nitrogens is 2. The third kappa shape index (κ3) is 3.78. The van der Waals surface area contributed by atoms with E-state index in [1.54, 1.807) is 35.6 Å². The molecule has 0 spiro atoms. The zero-order chi connectivity index (χ0) is 21.3. The normalized spacial score (nSPS) is 13.9. The van der Waals surface area contributed by atoms with Gasteiger partial charge in [0.05, 0.1) is 17.9 Å². The second-order valence-electron chi connectivity index (χ2n) is 7.17. The van der Waals surface area contributed by atoms with E-state index in [0.717, 1.165) is 17.0 Å². The van der Waals surface area contributed by atoms with E-state index < -0.39 is 0 Å². The second kappa shape index (κ2) is 8.23. The summed E-state index contributed by atoms with van der Waals surface area (Å²) in [4.78, 5) is 38.5. The molecule has 3 aromatic rings. The molecule has 3 amide bonds. The van der Waals surface area contributed by atoms with Crippen LogP contribution in [0.5, 0.6) is 0 Å². The second-order valence-corrected chi connectivity index (χ2v) is 8.12. The van der Waals surface area contributed by atoms with Crippen LogP contribution in [0, 0.1) is 13.8 Å². The molecule has 1 saturated heterocycles. The topological polar surface area (TPSA) is 84.3 Å². The first-order valence-corrected chi connectivity index (χ1v) is 10.7. The minimum atomic E-state index is -0.208. The van der Waals surface area contributed by atoms with Gasteiger partial charge in [-0.25, -0.2) is 0 Å². The van der Waals surface area contributed by atoms with Gasteiger partial charge in [-0.05, 0) is 49.6 Å². The molecule has 0 atom stereocenters. The molecule has 0 bridgehead atoms. The number of anilines is 1. The van der Waals surface area contributed by atoms with Crippen LogP contribution in [0.3, 0.4) is 0 Å². The van der Waals surface area contributed by atoms with Gasteiger partial charge in [0.15, 0.2) is 0 Å². The Morgan fingerprint density at radius 1 is 1.10 bits per heavy atom. The summed E-state index contributed by atoms with van der Waals surface area (Å²) < 4.78 is 1.92. The molecule has 2 aromatic heterocycles. The molecule has 0 radical (unpaired) electrons. The van der Waals surface area contributed by atoms with Crippen molar-refractivity contribution in [1.82, 2.24) is 15.1 Å². The van der Waals surface area contributed by atoms with Crippen LogP contribution < -0.4 is 10.2 Å². The first-order chi connectivity index (χ1) is 14.5. The predicted molar refractivity (Wildman–Crippen MR) is 116 cm³/mol. The fraction of sp³-hybridized carbons (Fsp3) is 0.273. The summed E-state index contributed by atoms with van der Waals surface area (Å²) in [5, 5.41) is 9.56. The summed E-state index contributed by atoms with van der Waals surface area (Å²) in [5.41, 5.74) is 4.18. The summed E-state index contributed by atoms with van der Waals surface area (Å²) >= 11 is 1.69. The molecular formula is C22H22N4O3S. The maximum atomic E-state index is 12.5. The number of aryl methyl sites for hydroxylation is 1. The number of rotatable bonds is 6. The van der Waals surface area contributed by atoms with E-state index in [-0.39, 0.29) is 30.6 Å². The molecule has 3 heterocycles. The molecule has 1 N–H and O–H groups in total. The third-order valence-electron chi connectivity index (χ3n) is 5.20. The molecule has 0 aliphatic carbocycles. The van der Waals surface area contributed by atoms with Crippen LogP contribution in [-0.4, -0.2) is 34.0 Å². The summed E-state index contributed by atoms with van der Waals surface area (Å²) in [6.07, 6.45) is 0.475. The Kier molecular flexibility index (Phi) is 5.50. The van der Waals surface area contributed by atoms with Crippen LogP contribution >= 0.6 is 11.3 Å². The summed E-state index contributed by atoms with van der Waals surface area (Å²) in [6, 6.07) is 10.6. The van der Waals surface area contributed by atoms with E-state index in [1.807, 2.05) is 30.0 Å². The van der Waals surface area contributed by atoms with Crippen LogP contribution in [0.15, 0.2) is 41.8 Å². The Balaban J connectivity index is 1.37. The van der Waals surface area contributed by atoms with Crippen LogP contribution in [-0.2, 0) is 16.1 Å². The number of carbonyl (C=O) groups is 3. The van der Waals surface area contributed by atoms with E-state index in [0.29, 0.717) is 24.3 Å². The number of nitrogens with zero attached hydrogens (tertiary/aromatic N) is 3. The van der Waals surface area contributed by atoms with Crippen molar-refractivity contribution < 1.29 is 14.4 Å². The maximum absolute atomic E-state index is 12.5. The Bertz CT molecular complexity index is 1080. The van der Waals surface area contributed by atoms with Crippen LogP contribution in [0.4, 0.5) is 5.69 Å². The lowest BCUT2D eigenvalue weighted by atomic mass is 10.1. The molecule has 1 fully saturated rings. The average Bonchev–Trinajstić information content (AvgIpc) is 3.43. The highest BCUT2D eigenvalue weighted by atomic mass is 32.1. The minimum absolute atomic E-state index is 0.205. The van der Waals surface area contributed by atoms with E-state index in [4.69, 9.17) is 0 Å². The molecule has 30 heavy (non-hydrogen) atoms. The smallest absolute Gasteiger partial charge is 0.251 e. The Labute approximate surface area is 178 Å². The lowest BCUT2D eigenvalue weighted by Crippen LogP contribution is -2.29. The number of hydrogen-bond acceptors (Lipinski definition) is 5. The van der Waals surface area contributed by atoms with Crippen molar-refractivity contribution in [3.63, 3.8) is 0 Å². The number of thiophene rings is 1. The molecule has 0 unspecified atom stereocenters. The largest absolute Gasteiger partial charge is 0.350 e. The first kappa shape index (κ1) is 20.0. The van der Waals surface area contributed by atoms with Crippen LogP contribution in [0.2, 0.25) is 0 Å². The number of carbonyl (C=O) groups excluding carboxylic acids is 3.